The molecule has 4 N–H and O–H groups in total. The molecule has 0 aliphatic heterocycles. The summed E-state index contributed by atoms with van der Waals surface area (Å²) >= 11 is 6.06. The smallest absolute Gasteiger partial charge is 0.340 e. The van der Waals surface area contributed by atoms with Crippen molar-refractivity contribution in [3.05, 3.63) is 59.6 Å². The molecule has 9 heteroatoms. The molecule has 1 aromatic carbocycles. The van der Waals surface area contributed by atoms with Gasteiger partial charge in [0.25, 0.3) is 0 Å². The summed E-state index contributed by atoms with van der Waals surface area (Å²) in [4.78, 5) is 24.4. The number of nitrogens with one attached hydrogen (secondary N) is 2. The van der Waals surface area contributed by atoms with Crippen molar-refractivity contribution in [2.75, 3.05) is 23.0 Å². The third kappa shape index (κ3) is 4.24. The average Bonchev–Trinajstić information content (AvgIpc) is 2.67. The highest BCUT2D eigenvalue weighted by molar-refractivity contribution is 6.32. The number of rotatable bonds is 6. The second-order valence-corrected chi connectivity index (χ2v) is 5.70. The number of pyridine rings is 1. The van der Waals surface area contributed by atoms with Gasteiger partial charge in [0.15, 0.2) is 16.8 Å². The van der Waals surface area contributed by atoms with E-state index in [1.807, 2.05) is 0 Å². The summed E-state index contributed by atoms with van der Waals surface area (Å²) in [6, 6.07) is 10.4. The molecule has 0 atom stereocenters. The van der Waals surface area contributed by atoms with Crippen molar-refractivity contribution in [3.8, 4) is 0 Å². The van der Waals surface area contributed by atoms with Crippen LogP contribution in [0, 0.1) is 0 Å². The number of ether oxygens (including phenoxy) is 1. The maximum Gasteiger partial charge on any atom is 0.340 e. The van der Waals surface area contributed by atoms with Crippen LogP contribution in [-0.2, 0) is 4.74 Å². The summed E-state index contributed by atoms with van der Waals surface area (Å²) in [5.41, 5.74) is 7.90. The van der Waals surface area contributed by atoms with Gasteiger partial charge in [-0.25, -0.2) is 19.7 Å². The Labute approximate surface area is 160 Å². The van der Waals surface area contributed by atoms with Crippen LogP contribution in [0.5, 0.6) is 0 Å². The molecule has 3 aromatic rings. The fraction of sp³-hybridized carbons (Fsp3) is 0.111. The fourth-order valence-corrected chi connectivity index (χ4v) is 2.47. The maximum atomic E-state index is 12.1. The molecule has 0 radical (unpaired) electrons. The molecule has 27 heavy (non-hydrogen) atoms. The molecule has 0 saturated carbocycles. The number of anilines is 5. The average molecular weight is 385 g/mol. The van der Waals surface area contributed by atoms with Crippen molar-refractivity contribution < 1.29 is 9.53 Å². The van der Waals surface area contributed by atoms with Gasteiger partial charge >= 0.3 is 5.97 Å². The lowest BCUT2D eigenvalue weighted by molar-refractivity contribution is 0.0527. The second-order valence-electron chi connectivity index (χ2n) is 5.34. The Balaban J connectivity index is 1.89. The van der Waals surface area contributed by atoms with Crippen LogP contribution in [0.4, 0.5) is 28.7 Å². The molecule has 0 aliphatic carbocycles. The first kappa shape index (κ1) is 18.4. The Morgan fingerprint density at radius 3 is 2.44 bits per heavy atom. The van der Waals surface area contributed by atoms with E-state index in [-0.39, 0.29) is 17.4 Å². The van der Waals surface area contributed by atoms with Crippen LogP contribution in [-0.4, -0.2) is 27.5 Å². The van der Waals surface area contributed by atoms with E-state index in [2.05, 4.69) is 25.6 Å². The molecule has 0 fully saturated rings. The Bertz CT molecular complexity index is 966. The number of carbonyl (C=O) groups is 1. The normalized spacial score (nSPS) is 10.3. The zero-order chi connectivity index (χ0) is 19.2. The Kier molecular flexibility index (Phi) is 5.68. The largest absolute Gasteiger partial charge is 0.462 e. The van der Waals surface area contributed by atoms with Crippen molar-refractivity contribution in [1.29, 1.82) is 0 Å². The second kappa shape index (κ2) is 8.33. The molecule has 0 aliphatic rings. The van der Waals surface area contributed by atoms with Crippen molar-refractivity contribution >= 4 is 46.3 Å². The van der Waals surface area contributed by atoms with E-state index in [0.717, 1.165) is 0 Å². The van der Waals surface area contributed by atoms with E-state index in [9.17, 15) is 4.79 Å². The van der Waals surface area contributed by atoms with Crippen molar-refractivity contribution in [3.63, 3.8) is 0 Å². The van der Waals surface area contributed by atoms with Crippen molar-refractivity contribution in [2.24, 2.45) is 0 Å². The lowest BCUT2D eigenvalue weighted by Crippen LogP contribution is -2.10. The minimum Gasteiger partial charge on any atom is -0.462 e. The van der Waals surface area contributed by atoms with Crippen LogP contribution >= 0.6 is 11.6 Å². The lowest BCUT2D eigenvalue weighted by Gasteiger charge is -2.14. The third-order valence-electron chi connectivity index (χ3n) is 3.57. The fourth-order valence-electron chi connectivity index (χ4n) is 2.31. The molecule has 8 nitrogen and oxygen atoms in total. The van der Waals surface area contributed by atoms with Crippen LogP contribution < -0.4 is 16.4 Å². The van der Waals surface area contributed by atoms with Crippen LogP contribution in [0.25, 0.3) is 0 Å². The lowest BCUT2D eigenvalue weighted by atomic mass is 10.2. The van der Waals surface area contributed by atoms with Gasteiger partial charge in [-0.15, -0.1) is 0 Å². The molecule has 138 valence electrons. The maximum absolute atomic E-state index is 12.1. The van der Waals surface area contributed by atoms with E-state index < -0.39 is 5.97 Å². The molecule has 3 rings (SSSR count). The monoisotopic (exact) mass is 384 g/mol. The van der Waals surface area contributed by atoms with E-state index in [4.69, 9.17) is 22.1 Å². The Morgan fingerprint density at radius 1 is 1.07 bits per heavy atom. The van der Waals surface area contributed by atoms with E-state index >= 15 is 0 Å². The number of nitrogens with zero attached hydrogens (tertiary/aromatic N) is 3. The summed E-state index contributed by atoms with van der Waals surface area (Å²) in [5, 5.41) is 6.37. The molecule has 2 aromatic heterocycles. The van der Waals surface area contributed by atoms with Crippen LogP contribution in [0.3, 0.4) is 0 Å². The number of carbonyl (C=O) groups excluding carboxylic acids is 1. The van der Waals surface area contributed by atoms with E-state index in [1.54, 1.807) is 49.5 Å². The summed E-state index contributed by atoms with van der Waals surface area (Å²) in [5.74, 6) is 0.258. The zero-order valence-electron chi connectivity index (χ0n) is 14.4. The van der Waals surface area contributed by atoms with Gasteiger partial charge in [-0.3, -0.25) is 0 Å². The van der Waals surface area contributed by atoms with Gasteiger partial charge in [0.2, 0.25) is 0 Å². The standard InChI is InChI=1S/C18H17ClN6O2/c1-2-27-18(26)11-6-3-4-7-12(11)24-16-14(20)17(23-10-22-16)25-13-8-5-9-21-15(13)19/h3-10H,2,20H2,1H3,(H2,22,23,24,25). The van der Waals surface area contributed by atoms with Gasteiger partial charge in [-0.2, -0.15) is 0 Å². The molecule has 0 amide bonds. The summed E-state index contributed by atoms with van der Waals surface area (Å²) in [6.45, 7) is 2.03. The number of nitrogen functional groups attached to an aromatic ring is 1. The van der Waals surface area contributed by atoms with Gasteiger partial charge in [0.05, 0.1) is 23.5 Å². The molecular weight excluding hydrogens is 368 g/mol. The highest BCUT2D eigenvalue weighted by atomic mass is 35.5. The molecule has 0 unspecified atom stereocenters. The highest BCUT2D eigenvalue weighted by Crippen LogP contribution is 2.31. The quantitative estimate of drug-likeness (QED) is 0.434. The van der Waals surface area contributed by atoms with Crippen molar-refractivity contribution in [2.45, 2.75) is 6.92 Å². The SMILES string of the molecule is CCOC(=O)c1ccccc1Nc1ncnc(Nc2cccnc2Cl)c1N. The first-order chi connectivity index (χ1) is 13.1. The first-order valence-electron chi connectivity index (χ1n) is 8.11. The van der Waals surface area contributed by atoms with Gasteiger partial charge in [-0.1, -0.05) is 23.7 Å². The Hall–Kier alpha value is -3.39. The van der Waals surface area contributed by atoms with Gasteiger partial charge < -0.3 is 21.1 Å². The molecule has 0 bridgehead atoms. The number of nitrogens with two attached hydrogens (primary N) is 1. The number of hydrogen-bond donors (Lipinski definition) is 3. The van der Waals surface area contributed by atoms with Crippen LogP contribution in [0.1, 0.15) is 17.3 Å². The number of benzene rings is 1. The summed E-state index contributed by atoms with van der Waals surface area (Å²) in [7, 11) is 0. The predicted octanol–water partition coefficient (Wildman–Crippen LogP) is 3.77. The van der Waals surface area contributed by atoms with Gasteiger partial charge in [0, 0.05) is 6.20 Å². The number of halogens is 1. The third-order valence-corrected chi connectivity index (χ3v) is 3.87. The summed E-state index contributed by atoms with van der Waals surface area (Å²) < 4.78 is 5.08. The van der Waals surface area contributed by atoms with Crippen LogP contribution in [0.15, 0.2) is 48.9 Å². The molecule has 0 spiro atoms. The minimum absolute atomic E-state index is 0.260. The number of aromatic nitrogens is 3. The Morgan fingerprint density at radius 2 is 1.74 bits per heavy atom. The predicted molar refractivity (Wildman–Crippen MR) is 105 cm³/mol. The number of esters is 1. The molecule has 0 saturated heterocycles. The highest BCUT2D eigenvalue weighted by Gasteiger charge is 2.15. The van der Waals surface area contributed by atoms with E-state index in [0.29, 0.717) is 28.6 Å². The minimum atomic E-state index is -0.436. The zero-order valence-corrected chi connectivity index (χ0v) is 15.2. The number of para-hydroxylation sites is 1. The summed E-state index contributed by atoms with van der Waals surface area (Å²) in [6.07, 6.45) is 2.93. The van der Waals surface area contributed by atoms with E-state index in [1.165, 1.54) is 6.33 Å². The van der Waals surface area contributed by atoms with Gasteiger partial charge in [-0.05, 0) is 31.2 Å². The molecular formula is C18H17ClN6O2. The van der Waals surface area contributed by atoms with Crippen LogP contribution in [0.2, 0.25) is 5.15 Å². The first-order valence-corrected chi connectivity index (χ1v) is 8.49. The molecule has 2 heterocycles. The topological polar surface area (TPSA) is 115 Å². The number of hydrogen-bond acceptors (Lipinski definition) is 8. The van der Waals surface area contributed by atoms with Crippen molar-refractivity contribution in [1.82, 2.24) is 15.0 Å². The van der Waals surface area contributed by atoms with Gasteiger partial charge in [0.1, 0.15) is 12.0 Å².